The first-order chi connectivity index (χ1) is 13.8. The molecule has 0 aliphatic carbocycles. The Balaban J connectivity index is 0.00000300. The number of nitrogens with zero attached hydrogens (tertiary/aromatic N) is 1. The van der Waals surface area contributed by atoms with Crippen molar-refractivity contribution in [1.82, 2.24) is 4.90 Å². The molecule has 0 saturated carbocycles. The summed E-state index contributed by atoms with van der Waals surface area (Å²) < 4.78 is 5.82. The van der Waals surface area contributed by atoms with Crippen molar-refractivity contribution < 1.29 is 9.84 Å². The summed E-state index contributed by atoms with van der Waals surface area (Å²) in [7, 11) is 0. The van der Waals surface area contributed by atoms with Gasteiger partial charge in [0.05, 0.1) is 12.7 Å². The van der Waals surface area contributed by atoms with Crippen LogP contribution in [0.15, 0.2) is 54.6 Å². The van der Waals surface area contributed by atoms with Gasteiger partial charge in [0.2, 0.25) is 0 Å². The van der Waals surface area contributed by atoms with Crippen molar-refractivity contribution in [3.8, 4) is 5.75 Å². The molecule has 0 amide bonds. The summed E-state index contributed by atoms with van der Waals surface area (Å²) in [6, 6.07) is 18.5. The molecule has 0 spiro atoms. The van der Waals surface area contributed by atoms with E-state index in [-0.39, 0.29) is 18.3 Å². The molecule has 3 rings (SSSR count). The van der Waals surface area contributed by atoms with Gasteiger partial charge in [0.1, 0.15) is 5.75 Å². The number of aliphatic hydroxyl groups is 1. The molecule has 29 heavy (non-hydrogen) atoms. The van der Waals surface area contributed by atoms with Crippen molar-refractivity contribution in [3.05, 3.63) is 65.7 Å². The third-order valence-electron chi connectivity index (χ3n) is 5.75. The summed E-state index contributed by atoms with van der Waals surface area (Å²) in [6.07, 6.45) is 6.84. The summed E-state index contributed by atoms with van der Waals surface area (Å²) in [4.78, 5) is 2.51. The van der Waals surface area contributed by atoms with E-state index in [9.17, 15) is 5.11 Å². The first kappa shape index (κ1) is 23.7. The van der Waals surface area contributed by atoms with E-state index in [1.165, 1.54) is 37.7 Å². The molecule has 2 aromatic carbocycles. The number of rotatable bonds is 10. The van der Waals surface area contributed by atoms with Crippen LogP contribution >= 0.6 is 12.4 Å². The van der Waals surface area contributed by atoms with Gasteiger partial charge in [0, 0.05) is 12.5 Å². The molecule has 1 aliphatic rings. The SMILES string of the molecule is CCCCCOc1ccc(C(O)C(CN2CCCCC2)c2ccccc2)cc1.Cl. The highest BCUT2D eigenvalue weighted by Gasteiger charge is 2.26. The molecule has 1 N–H and O–H groups in total. The van der Waals surface area contributed by atoms with Crippen molar-refractivity contribution in [2.45, 2.75) is 57.5 Å². The minimum Gasteiger partial charge on any atom is -0.494 e. The van der Waals surface area contributed by atoms with Crippen molar-refractivity contribution in [2.24, 2.45) is 0 Å². The second kappa shape index (κ2) is 12.9. The summed E-state index contributed by atoms with van der Waals surface area (Å²) in [6.45, 7) is 6.14. The van der Waals surface area contributed by atoms with E-state index in [0.29, 0.717) is 0 Å². The van der Waals surface area contributed by atoms with Gasteiger partial charge >= 0.3 is 0 Å². The fourth-order valence-corrected chi connectivity index (χ4v) is 4.04. The smallest absolute Gasteiger partial charge is 0.119 e. The first-order valence-electron chi connectivity index (χ1n) is 11.0. The summed E-state index contributed by atoms with van der Waals surface area (Å²) >= 11 is 0. The highest BCUT2D eigenvalue weighted by atomic mass is 35.5. The molecule has 2 atom stereocenters. The Morgan fingerprint density at radius 3 is 2.24 bits per heavy atom. The van der Waals surface area contributed by atoms with Gasteiger partial charge in [-0.2, -0.15) is 0 Å². The fourth-order valence-electron chi connectivity index (χ4n) is 4.04. The number of likely N-dealkylation sites (tertiary alicyclic amines) is 1. The number of aliphatic hydroxyl groups excluding tert-OH is 1. The van der Waals surface area contributed by atoms with Crippen LogP contribution in [0.4, 0.5) is 0 Å². The van der Waals surface area contributed by atoms with Crippen LogP contribution in [-0.4, -0.2) is 36.2 Å². The monoisotopic (exact) mass is 417 g/mol. The Morgan fingerprint density at radius 2 is 1.59 bits per heavy atom. The van der Waals surface area contributed by atoms with Crippen molar-refractivity contribution >= 4 is 12.4 Å². The number of unbranched alkanes of at least 4 members (excludes halogenated alkanes) is 2. The fraction of sp³-hybridized carbons (Fsp3) is 0.520. The van der Waals surface area contributed by atoms with Gasteiger partial charge in [-0.15, -0.1) is 12.4 Å². The third kappa shape index (κ3) is 7.33. The van der Waals surface area contributed by atoms with Gasteiger partial charge in [-0.3, -0.25) is 0 Å². The zero-order valence-electron chi connectivity index (χ0n) is 17.6. The maximum absolute atomic E-state index is 11.2. The molecule has 0 radical (unpaired) electrons. The summed E-state index contributed by atoms with van der Waals surface area (Å²) in [5, 5.41) is 11.2. The van der Waals surface area contributed by atoms with E-state index in [1.54, 1.807) is 0 Å². The van der Waals surface area contributed by atoms with E-state index in [2.05, 4.69) is 36.1 Å². The Hall–Kier alpha value is -1.55. The second-order valence-electron chi connectivity index (χ2n) is 7.95. The Bertz CT molecular complexity index is 671. The Labute approximate surface area is 182 Å². The Morgan fingerprint density at radius 1 is 0.897 bits per heavy atom. The number of halogens is 1. The molecule has 4 heteroatoms. The van der Waals surface area contributed by atoms with Crippen LogP contribution in [0.5, 0.6) is 5.75 Å². The maximum Gasteiger partial charge on any atom is 0.119 e. The van der Waals surface area contributed by atoms with Gasteiger partial charge in [0.15, 0.2) is 0 Å². The van der Waals surface area contributed by atoms with Crippen LogP contribution in [0.25, 0.3) is 0 Å². The molecule has 2 aromatic rings. The Kier molecular flexibility index (Phi) is 10.5. The molecule has 1 saturated heterocycles. The number of piperidine rings is 1. The third-order valence-corrected chi connectivity index (χ3v) is 5.75. The lowest BCUT2D eigenvalue weighted by Gasteiger charge is -2.33. The molecule has 1 aliphatic heterocycles. The lowest BCUT2D eigenvalue weighted by atomic mass is 9.88. The van der Waals surface area contributed by atoms with Gasteiger partial charge in [-0.05, 0) is 55.6 Å². The van der Waals surface area contributed by atoms with Crippen molar-refractivity contribution in [3.63, 3.8) is 0 Å². The number of hydrogen-bond donors (Lipinski definition) is 1. The van der Waals surface area contributed by atoms with Crippen LogP contribution in [-0.2, 0) is 0 Å². The van der Waals surface area contributed by atoms with Gasteiger partial charge < -0.3 is 14.7 Å². The standard InChI is InChI=1S/C25H35NO2.ClH/c1-2-3-10-19-28-23-15-13-22(14-16-23)25(27)24(21-11-6-4-7-12-21)20-26-17-8-5-9-18-26;/h4,6-7,11-16,24-25,27H,2-3,5,8-10,17-20H2,1H3;1H. The zero-order valence-corrected chi connectivity index (χ0v) is 18.4. The largest absolute Gasteiger partial charge is 0.494 e. The topological polar surface area (TPSA) is 32.7 Å². The molecule has 0 bridgehead atoms. The molecule has 160 valence electrons. The molecular formula is C25H36ClNO2. The number of benzene rings is 2. The van der Waals surface area contributed by atoms with Crippen molar-refractivity contribution in [1.29, 1.82) is 0 Å². The van der Waals surface area contributed by atoms with Crippen LogP contribution < -0.4 is 4.74 Å². The minimum absolute atomic E-state index is 0. The molecule has 1 fully saturated rings. The molecular weight excluding hydrogens is 382 g/mol. The van der Waals surface area contributed by atoms with Gasteiger partial charge in [-0.25, -0.2) is 0 Å². The summed E-state index contributed by atoms with van der Waals surface area (Å²) in [5.41, 5.74) is 2.17. The molecule has 1 heterocycles. The molecule has 3 nitrogen and oxygen atoms in total. The second-order valence-corrected chi connectivity index (χ2v) is 7.95. The van der Waals surface area contributed by atoms with E-state index in [1.807, 2.05) is 30.3 Å². The van der Waals surface area contributed by atoms with Crippen LogP contribution in [0, 0.1) is 0 Å². The van der Waals surface area contributed by atoms with E-state index >= 15 is 0 Å². The maximum atomic E-state index is 11.2. The van der Waals surface area contributed by atoms with E-state index < -0.39 is 6.10 Å². The minimum atomic E-state index is -0.515. The average Bonchev–Trinajstić information content (AvgIpc) is 2.76. The van der Waals surface area contributed by atoms with E-state index in [0.717, 1.165) is 44.0 Å². The van der Waals surface area contributed by atoms with Gasteiger partial charge in [0.25, 0.3) is 0 Å². The van der Waals surface area contributed by atoms with Crippen LogP contribution in [0.2, 0.25) is 0 Å². The highest BCUT2D eigenvalue weighted by molar-refractivity contribution is 5.85. The highest BCUT2D eigenvalue weighted by Crippen LogP contribution is 2.33. The van der Waals surface area contributed by atoms with Crippen molar-refractivity contribution in [2.75, 3.05) is 26.2 Å². The average molecular weight is 418 g/mol. The molecule has 0 aromatic heterocycles. The molecule has 2 unspecified atom stereocenters. The first-order valence-corrected chi connectivity index (χ1v) is 11.0. The zero-order chi connectivity index (χ0) is 19.6. The number of ether oxygens (including phenoxy) is 1. The van der Waals surface area contributed by atoms with Crippen LogP contribution in [0.1, 0.15) is 68.6 Å². The van der Waals surface area contributed by atoms with Gasteiger partial charge in [-0.1, -0.05) is 68.7 Å². The van der Waals surface area contributed by atoms with E-state index in [4.69, 9.17) is 4.74 Å². The lowest BCUT2D eigenvalue weighted by molar-refractivity contribution is 0.109. The predicted octanol–water partition coefficient (Wildman–Crippen LogP) is 5.98. The predicted molar refractivity (Wildman–Crippen MR) is 123 cm³/mol. The normalized spacial score (nSPS) is 16.6. The van der Waals surface area contributed by atoms with Crippen LogP contribution in [0.3, 0.4) is 0 Å². The number of hydrogen-bond acceptors (Lipinski definition) is 3. The quantitative estimate of drug-likeness (QED) is 0.482. The lowest BCUT2D eigenvalue weighted by Crippen LogP contribution is -2.35. The summed E-state index contributed by atoms with van der Waals surface area (Å²) in [5.74, 6) is 0.968.